The Bertz CT molecular complexity index is 490. The SMILES string of the molecule is NCc1cc2cnccc2n1C(=O)O. The van der Waals surface area contributed by atoms with Crippen molar-refractivity contribution in [2.45, 2.75) is 6.54 Å². The van der Waals surface area contributed by atoms with Crippen molar-refractivity contribution in [3.8, 4) is 0 Å². The van der Waals surface area contributed by atoms with Gasteiger partial charge < -0.3 is 10.8 Å². The van der Waals surface area contributed by atoms with Gasteiger partial charge in [-0.05, 0) is 12.1 Å². The maximum atomic E-state index is 10.9. The zero-order chi connectivity index (χ0) is 10.1. The predicted molar refractivity (Wildman–Crippen MR) is 51.0 cm³/mol. The van der Waals surface area contributed by atoms with Gasteiger partial charge >= 0.3 is 6.09 Å². The Kier molecular flexibility index (Phi) is 1.94. The molecule has 5 nitrogen and oxygen atoms in total. The highest BCUT2D eigenvalue weighted by atomic mass is 16.4. The van der Waals surface area contributed by atoms with Gasteiger partial charge in [0.1, 0.15) is 0 Å². The van der Waals surface area contributed by atoms with Gasteiger partial charge in [0.2, 0.25) is 0 Å². The minimum absolute atomic E-state index is 0.195. The summed E-state index contributed by atoms with van der Waals surface area (Å²) in [6.07, 6.45) is 2.15. The zero-order valence-electron chi connectivity index (χ0n) is 7.34. The third-order valence-electron chi connectivity index (χ3n) is 2.08. The summed E-state index contributed by atoms with van der Waals surface area (Å²) in [6, 6.07) is 3.39. The van der Waals surface area contributed by atoms with Gasteiger partial charge in [-0.3, -0.25) is 4.98 Å². The van der Waals surface area contributed by atoms with E-state index in [0.717, 1.165) is 5.39 Å². The highest BCUT2D eigenvalue weighted by Crippen LogP contribution is 2.17. The molecule has 14 heavy (non-hydrogen) atoms. The van der Waals surface area contributed by atoms with E-state index in [-0.39, 0.29) is 6.54 Å². The van der Waals surface area contributed by atoms with Crippen LogP contribution in [0.3, 0.4) is 0 Å². The van der Waals surface area contributed by atoms with E-state index in [0.29, 0.717) is 11.2 Å². The van der Waals surface area contributed by atoms with Crippen molar-refractivity contribution < 1.29 is 9.90 Å². The molecule has 0 spiro atoms. The molecule has 0 aliphatic rings. The topological polar surface area (TPSA) is 81.1 Å². The van der Waals surface area contributed by atoms with Crippen molar-refractivity contribution in [3.63, 3.8) is 0 Å². The van der Waals surface area contributed by atoms with Crippen LogP contribution >= 0.6 is 0 Å². The second-order valence-corrected chi connectivity index (χ2v) is 2.89. The molecule has 0 aliphatic carbocycles. The molecular weight excluding hydrogens is 182 g/mol. The molecule has 0 amide bonds. The maximum Gasteiger partial charge on any atom is 0.416 e. The summed E-state index contributed by atoms with van der Waals surface area (Å²) in [7, 11) is 0. The van der Waals surface area contributed by atoms with Crippen LogP contribution in [0.2, 0.25) is 0 Å². The van der Waals surface area contributed by atoms with Crippen LogP contribution < -0.4 is 5.73 Å². The third kappa shape index (κ3) is 1.14. The number of nitrogens with zero attached hydrogens (tertiary/aromatic N) is 2. The number of hydrogen-bond acceptors (Lipinski definition) is 3. The third-order valence-corrected chi connectivity index (χ3v) is 2.08. The number of pyridine rings is 1. The lowest BCUT2D eigenvalue weighted by Gasteiger charge is -2.01. The predicted octanol–water partition coefficient (Wildman–Crippen LogP) is 1.02. The maximum absolute atomic E-state index is 10.9. The standard InChI is InChI=1S/C9H9N3O2/c10-4-7-3-6-5-11-2-1-8(6)12(7)9(13)14/h1-3,5H,4,10H2,(H,13,14). The van der Waals surface area contributed by atoms with Gasteiger partial charge in [0.15, 0.2) is 0 Å². The molecule has 0 aliphatic heterocycles. The van der Waals surface area contributed by atoms with Gasteiger partial charge in [0.25, 0.3) is 0 Å². The minimum atomic E-state index is -1.02. The molecule has 0 bridgehead atoms. The molecule has 2 rings (SSSR count). The van der Waals surface area contributed by atoms with Crippen molar-refractivity contribution >= 4 is 17.0 Å². The Morgan fingerprint density at radius 1 is 1.64 bits per heavy atom. The number of hydrogen-bond donors (Lipinski definition) is 2. The molecule has 0 radical (unpaired) electrons. The molecule has 0 saturated carbocycles. The van der Waals surface area contributed by atoms with Crippen LogP contribution in [-0.2, 0) is 6.54 Å². The average molecular weight is 191 g/mol. The Balaban J connectivity index is 2.81. The fourth-order valence-corrected chi connectivity index (χ4v) is 1.49. The summed E-state index contributed by atoms with van der Waals surface area (Å²) in [6.45, 7) is 0.195. The van der Waals surface area contributed by atoms with Gasteiger partial charge in [0.05, 0.1) is 5.52 Å². The molecule has 72 valence electrons. The van der Waals surface area contributed by atoms with Crippen LogP contribution in [-0.4, -0.2) is 20.8 Å². The van der Waals surface area contributed by atoms with Crippen molar-refractivity contribution in [2.75, 3.05) is 0 Å². The lowest BCUT2D eigenvalue weighted by atomic mass is 10.3. The van der Waals surface area contributed by atoms with Gasteiger partial charge in [-0.15, -0.1) is 0 Å². The van der Waals surface area contributed by atoms with Crippen molar-refractivity contribution in [1.29, 1.82) is 0 Å². The van der Waals surface area contributed by atoms with Crippen molar-refractivity contribution in [2.24, 2.45) is 5.73 Å². The van der Waals surface area contributed by atoms with Crippen LogP contribution in [0, 0.1) is 0 Å². The summed E-state index contributed by atoms with van der Waals surface area (Å²) in [4.78, 5) is 14.9. The highest BCUT2D eigenvalue weighted by Gasteiger charge is 2.12. The first kappa shape index (κ1) is 8.71. The fraction of sp³-hybridized carbons (Fsp3) is 0.111. The Morgan fingerprint density at radius 3 is 3.07 bits per heavy atom. The van der Waals surface area contributed by atoms with Crippen LogP contribution in [0.4, 0.5) is 4.79 Å². The summed E-state index contributed by atoms with van der Waals surface area (Å²) < 4.78 is 1.18. The number of rotatable bonds is 1. The molecule has 2 aromatic rings. The molecule has 5 heteroatoms. The van der Waals surface area contributed by atoms with E-state index >= 15 is 0 Å². The monoisotopic (exact) mass is 191 g/mol. The second-order valence-electron chi connectivity index (χ2n) is 2.89. The van der Waals surface area contributed by atoms with E-state index in [1.807, 2.05) is 0 Å². The van der Waals surface area contributed by atoms with Crippen molar-refractivity contribution in [1.82, 2.24) is 9.55 Å². The Hall–Kier alpha value is -1.88. The molecule has 0 unspecified atom stereocenters. The van der Waals surface area contributed by atoms with Crippen LogP contribution in [0.15, 0.2) is 24.5 Å². The Morgan fingerprint density at radius 2 is 2.43 bits per heavy atom. The van der Waals surface area contributed by atoms with Crippen LogP contribution in [0.5, 0.6) is 0 Å². The normalized spacial score (nSPS) is 10.6. The van der Waals surface area contributed by atoms with E-state index in [1.54, 1.807) is 24.5 Å². The van der Waals surface area contributed by atoms with E-state index in [2.05, 4.69) is 4.98 Å². The summed E-state index contributed by atoms with van der Waals surface area (Å²) in [5.41, 5.74) is 6.64. The summed E-state index contributed by atoms with van der Waals surface area (Å²) in [5.74, 6) is 0. The number of carboxylic acid groups (broad SMARTS) is 1. The van der Waals surface area contributed by atoms with Gasteiger partial charge in [-0.2, -0.15) is 0 Å². The number of fused-ring (bicyclic) bond motifs is 1. The van der Waals surface area contributed by atoms with Crippen molar-refractivity contribution in [3.05, 3.63) is 30.2 Å². The summed E-state index contributed by atoms with van der Waals surface area (Å²) >= 11 is 0. The van der Waals surface area contributed by atoms with Gasteiger partial charge in [-0.25, -0.2) is 9.36 Å². The quantitative estimate of drug-likeness (QED) is 0.705. The molecule has 0 aromatic carbocycles. The number of nitrogens with two attached hydrogens (primary N) is 1. The lowest BCUT2D eigenvalue weighted by molar-refractivity contribution is 0.196. The summed E-state index contributed by atoms with van der Waals surface area (Å²) in [5, 5.41) is 9.76. The smallest absolute Gasteiger partial charge is 0.416 e. The number of carbonyl (C=O) groups is 1. The lowest BCUT2D eigenvalue weighted by Crippen LogP contribution is -2.13. The van der Waals surface area contributed by atoms with E-state index in [9.17, 15) is 4.79 Å². The molecule has 0 fully saturated rings. The first-order valence-electron chi connectivity index (χ1n) is 4.11. The first-order valence-corrected chi connectivity index (χ1v) is 4.11. The molecule has 0 atom stereocenters. The van der Waals surface area contributed by atoms with E-state index in [4.69, 9.17) is 10.8 Å². The minimum Gasteiger partial charge on any atom is -0.464 e. The first-order chi connectivity index (χ1) is 6.74. The molecular formula is C9H9N3O2. The largest absolute Gasteiger partial charge is 0.464 e. The molecule has 2 heterocycles. The molecule has 0 saturated heterocycles. The molecule has 3 N–H and O–H groups in total. The van der Waals surface area contributed by atoms with E-state index < -0.39 is 6.09 Å². The van der Waals surface area contributed by atoms with Gasteiger partial charge in [0, 0.05) is 30.0 Å². The second kappa shape index (κ2) is 3.12. The van der Waals surface area contributed by atoms with Crippen LogP contribution in [0.25, 0.3) is 10.9 Å². The zero-order valence-corrected chi connectivity index (χ0v) is 7.34. The van der Waals surface area contributed by atoms with E-state index in [1.165, 1.54) is 4.57 Å². The average Bonchev–Trinajstić information content (AvgIpc) is 2.55. The fourth-order valence-electron chi connectivity index (χ4n) is 1.49. The molecule has 2 aromatic heterocycles. The van der Waals surface area contributed by atoms with Crippen LogP contribution in [0.1, 0.15) is 5.69 Å². The Labute approximate surface area is 79.8 Å². The highest BCUT2D eigenvalue weighted by molar-refractivity contribution is 5.89. The van der Waals surface area contributed by atoms with Gasteiger partial charge in [-0.1, -0.05) is 0 Å². The number of aromatic nitrogens is 2.